The van der Waals surface area contributed by atoms with E-state index in [0.717, 1.165) is 108 Å². The molecule has 0 N–H and O–H groups in total. The normalized spacial score (nSPS) is 15.1. The number of anilines is 1. The van der Waals surface area contributed by atoms with Crippen LogP contribution in [0, 0.1) is 5.92 Å². The van der Waals surface area contributed by atoms with Crippen LogP contribution in [0.3, 0.4) is 0 Å². The highest BCUT2D eigenvalue weighted by atomic mass is 16.5. The number of benzene rings is 1. The summed E-state index contributed by atoms with van der Waals surface area (Å²) in [5.74, 6) is 2.34. The largest absolute Gasteiger partial charge is 0.494 e. The third kappa shape index (κ3) is 7.93. The summed E-state index contributed by atoms with van der Waals surface area (Å²) in [4.78, 5) is 17.4. The zero-order valence-corrected chi connectivity index (χ0v) is 20.3. The van der Waals surface area contributed by atoms with Gasteiger partial charge in [0, 0.05) is 38.2 Å². The minimum Gasteiger partial charge on any atom is -0.494 e. The van der Waals surface area contributed by atoms with E-state index in [1.165, 1.54) is 0 Å². The lowest BCUT2D eigenvalue weighted by molar-refractivity contribution is -0.136. The Bertz CT molecular complexity index is 642. The third-order valence-electron chi connectivity index (χ3n) is 6.13. The van der Waals surface area contributed by atoms with Gasteiger partial charge in [0.05, 0.1) is 18.9 Å². The van der Waals surface area contributed by atoms with E-state index in [2.05, 4.69) is 43.6 Å². The second kappa shape index (κ2) is 14.2. The van der Waals surface area contributed by atoms with Crippen molar-refractivity contribution >= 4 is 11.6 Å². The minimum atomic E-state index is 0.176. The second-order valence-corrected chi connectivity index (χ2v) is 8.59. The number of unbranched alkanes of at least 4 members (excludes halogenated alkanes) is 3. The molecule has 0 bridgehead atoms. The van der Waals surface area contributed by atoms with E-state index in [1.807, 2.05) is 12.1 Å². The van der Waals surface area contributed by atoms with Crippen LogP contribution in [0.25, 0.3) is 0 Å². The highest BCUT2D eigenvalue weighted by Crippen LogP contribution is 2.34. The molecule has 1 aromatic carbocycles. The summed E-state index contributed by atoms with van der Waals surface area (Å²) in [5, 5.41) is 0. The molecule has 1 aliphatic rings. The number of carbonyl (C=O) groups is 1. The van der Waals surface area contributed by atoms with Crippen molar-refractivity contribution in [3.63, 3.8) is 0 Å². The minimum absolute atomic E-state index is 0.176. The summed E-state index contributed by atoms with van der Waals surface area (Å²) >= 11 is 0. The number of ether oxygens (including phenoxy) is 2. The molecule has 0 aliphatic carbocycles. The molecule has 0 aromatic heterocycles. The zero-order valence-electron chi connectivity index (χ0n) is 20.3. The molecular formula is C26H44N2O3. The fourth-order valence-corrected chi connectivity index (χ4v) is 4.00. The number of piperazine rings is 1. The van der Waals surface area contributed by atoms with Crippen LogP contribution in [0.2, 0.25) is 0 Å². The monoisotopic (exact) mass is 432 g/mol. The first-order valence-corrected chi connectivity index (χ1v) is 12.6. The third-order valence-corrected chi connectivity index (χ3v) is 6.13. The molecule has 1 atom stereocenters. The Morgan fingerprint density at radius 3 is 2.16 bits per heavy atom. The number of carbonyl (C=O) groups excluding carboxylic acids is 1. The van der Waals surface area contributed by atoms with Crippen molar-refractivity contribution in [2.24, 2.45) is 5.92 Å². The van der Waals surface area contributed by atoms with Gasteiger partial charge in [0.25, 0.3) is 0 Å². The fourth-order valence-electron chi connectivity index (χ4n) is 4.00. The zero-order chi connectivity index (χ0) is 22.5. The molecular weight excluding hydrogens is 388 g/mol. The fraction of sp³-hybridized carbons (Fsp3) is 0.731. The molecule has 0 spiro atoms. The molecule has 1 fully saturated rings. The molecule has 1 heterocycles. The van der Waals surface area contributed by atoms with E-state index in [4.69, 9.17) is 9.47 Å². The Hall–Kier alpha value is -1.91. The molecule has 5 nitrogen and oxygen atoms in total. The van der Waals surface area contributed by atoms with Gasteiger partial charge in [0.15, 0.2) is 0 Å². The van der Waals surface area contributed by atoms with Crippen molar-refractivity contribution in [1.29, 1.82) is 0 Å². The number of hydrogen-bond acceptors (Lipinski definition) is 4. The average molecular weight is 433 g/mol. The van der Waals surface area contributed by atoms with Gasteiger partial charge in [0.2, 0.25) is 5.91 Å². The highest BCUT2D eigenvalue weighted by molar-refractivity contribution is 5.79. The topological polar surface area (TPSA) is 42.0 Å². The predicted octanol–water partition coefficient (Wildman–Crippen LogP) is 5.91. The molecule has 5 heteroatoms. The van der Waals surface area contributed by atoms with E-state index in [0.29, 0.717) is 5.91 Å². The molecule has 1 amide bonds. The molecule has 2 rings (SSSR count). The molecule has 31 heavy (non-hydrogen) atoms. The van der Waals surface area contributed by atoms with Crippen molar-refractivity contribution in [2.75, 3.05) is 44.3 Å². The smallest absolute Gasteiger partial charge is 0.225 e. The Labute approximate surface area is 190 Å². The van der Waals surface area contributed by atoms with Crippen molar-refractivity contribution < 1.29 is 14.3 Å². The van der Waals surface area contributed by atoms with Crippen LogP contribution in [0.4, 0.5) is 5.69 Å². The first-order valence-electron chi connectivity index (χ1n) is 12.6. The summed E-state index contributed by atoms with van der Waals surface area (Å²) in [6.07, 6.45) is 8.57. The van der Waals surface area contributed by atoms with Gasteiger partial charge < -0.3 is 19.3 Å². The van der Waals surface area contributed by atoms with Gasteiger partial charge in [-0.15, -0.1) is 0 Å². The lowest BCUT2D eigenvalue weighted by atomic mass is 9.97. The van der Waals surface area contributed by atoms with Crippen molar-refractivity contribution in [3.05, 3.63) is 18.2 Å². The van der Waals surface area contributed by atoms with Crippen LogP contribution < -0.4 is 14.4 Å². The summed E-state index contributed by atoms with van der Waals surface area (Å²) in [5.41, 5.74) is 1.09. The lowest BCUT2D eigenvalue weighted by Crippen LogP contribution is -2.50. The van der Waals surface area contributed by atoms with Crippen LogP contribution in [0.5, 0.6) is 11.5 Å². The molecule has 1 aliphatic heterocycles. The van der Waals surface area contributed by atoms with Crippen LogP contribution >= 0.6 is 0 Å². The van der Waals surface area contributed by atoms with Gasteiger partial charge in [-0.05, 0) is 37.8 Å². The van der Waals surface area contributed by atoms with Gasteiger partial charge >= 0.3 is 0 Å². The molecule has 0 radical (unpaired) electrons. The van der Waals surface area contributed by atoms with Gasteiger partial charge in [-0.25, -0.2) is 0 Å². The molecule has 0 saturated carbocycles. The maximum atomic E-state index is 13.0. The van der Waals surface area contributed by atoms with Gasteiger partial charge in [-0.2, -0.15) is 0 Å². The summed E-state index contributed by atoms with van der Waals surface area (Å²) in [6, 6.07) is 6.17. The van der Waals surface area contributed by atoms with Crippen LogP contribution in [0.15, 0.2) is 18.2 Å². The number of amides is 1. The van der Waals surface area contributed by atoms with Crippen LogP contribution in [-0.2, 0) is 4.79 Å². The first-order chi connectivity index (χ1) is 15.1. The number of hydrogen-bond donors (Lipinski definition) is 0. The maximum absolute atomic E-state index is 13.0. The molecule has 1 saturated heterocycles. The summed E-state index contributed by atoms with van der Waals surface area (Å²) in [7, 11) is 0. The van der Waals surface area contributed by atoms with E-state index in [1.54, 1.807) is 0 Å². The van der Waals surface area contributed by atoms with E-state index < -0.39 is 0 Å². The predicted molar refractivity (Wildman–Crippen MR) is 129 cm³/mol. The quantitative estimate of drug-likeness (QED) is 0.343. The first kappa shape index (κ1) is 25.4. The Morgan fingerprint density at radius 1 is 0.903 bits per heavy atom. The second-order valence-electron chi connectivity index (χ2n) is 8.59. The molecule has 1 aromatic rings. The van der Waals surface area contributed by atoms with Crippen molar-refractivity contribution in [1.82, 2.24) is 4.90 Å². The average Bonchev–Trinajstić information content (AvgIpc) is 2.80. The standard InChI is InChI=1S/C26H44N2O3/c1-5-9-12-22(8-4)26(29)28-17-15-27(16-18-28)24-21-23(30-19-10-6-2)13-14-25(24)31-20-11-7-3/h13-14,21-22H,5-12,15-20H2,1-4H3. The maximum Gasteiger partial charge on any atom is 0.225 e. The highest BCUT2D eigenvalue weighted by Gasteiger charge is 2.27. The van der Waals surface area contributed by atoms with Crippen LogP contribution in [0.1, 0.15) is 79.1 Å². The number of rotatable bonds is 14. The lowest BCUT2D eigenvalue weighted by Gasteiger charge is -2.38. The van der Waals surface area contributed by atoms with E-state index in [9.17, 15) is 4.79 Å². The van der Waals surface area contributed by atoms with E-state index in [-0.39, 0.29) is 5.92 Å². The van der Waals surface area contributed by atoms with Crippen molar-refractivity contribution in [2.45, 2.75) is 79.1 Å². The molecule has 176 valence electrons. The van der Waals surface area contributed by atoms with E-state index >= 15 is 0 Å². The van der Waals surface area contributed by atoms with Crippen LogP contribution in [-0.4, -0.2) is 50.2 Å². The Balaban J connectivity index is 2.04. The SMILES string of the molecule is CCCCOc1ccc(OCCCC)c(N2CCN(C(=O)C(CC)CCCC)CC2)c1. The van der Waals surface area contributed by atoms with Gasteiger partial charge in [-0.1, -0.05) is 53.4 Å². The van der Waals surface area contributed by atoms with Gasteiger partial charge in [-0.3, -0.25) is 4.79 Å². The Kier molecular flexibility index (Phi) is 11.6. The van der Waals surface area contributed by atoms with Gasteiger partial charge in [0.1, 0.15) is 11.5 Å². The molecule has 1 unspecified atom stereocenters. The number of nitrogens with zero attached hydrogens (tertiary/aromatic N) is 2. The Morgan fingerprint density at radius 2 is 1.55 bits per heavy atom. The summed E-state index contributed by atoms with van der Waals surface area (Å²) < 4.78 is 12.1. The van der Waals surface area contributed by atoms with Crippen molar-refractivity contribution in [3.8, 4) is 11.5 Å². The summed E-state index contributed by atoms with van der Waals surface area (Å²) in [6.45, 7) is 13.4.